The summed E-state index contributed by atoms with van der Waals surface area (Å²) in [6, 6.07) is 10.9. The maximum Gasteiger partial charge on any atom is 0.325 e. The van der Waals surface area contributed by atoms with Gasteiger partial charge in [-0.1, -0.05) is 24.3 Å². The quantitative estimate of drug-likeness (QED) is 0.632. The first kappa shape index (κ1) is 18.2. The van der Waals surface area contributed by atoms with Crippen LogP contribution in [0, 0.1) is 0 Å². The molecule has 4 rings (SSSR count). The summed E-state index contributed by atoms with van der Waals surface area (Å²) in [4.78, 5) is 29.3. The fourth-order valence-corrected chi connectivity index (χ4v) is 4.04. The minimum atomic E-state index is -0.417. The van der Waals surface area contributed by atoms with Crippen molar-refractivity contribution in [3.63, 3.8) is 0 Å². The molecule has 0 saturated heterocycles. The molecule has 0 radical (unpaired) electrons. The van der Waals surface area contributed by atoms with Crippen LogP contribution in [0.25, 0.3) is 10.2 Å². The van der Waals surface area contributed by atoms with Crippen LogP contribution in [0.1, 0.15) is 22.8 Å². The first-order valence-electron chi connectivity index (χ1n) is 8.77. The predicted molar refractivity (Wildman–Crippen MR) is 104 cm³/mol. The van der Waals surface area contributed by atoms with Crippen LogP contribution < -0.4 is 14.3 Å². The van der Waals surface area contributed by atoms with Gasteiger partial charge in [0.05, 0.1) is 17.3 Å². The van der Waals surface area contributed by atoms with E-state index in [1.807, 2.05) is 12.1 Å². The second kappa shape index (κ2) is 7.47. The lowest BCUT2D eigenvalue weighted by atomic mass is 10.2. The number of carbonyl (C=O) groups is 2. The Bertz CT molecular complexity index is 1150. The number of hydrogen-bond acceptors (Lipinski definition) is 6. The molecule has 0 N–H and O–H groups in total. The molecule has 3 aromatic rings. The highest BCUT2D eigenvalue weighted by atomic mass is 32.1. The van der Waals surface area contributed by atoms with E-state index in [1.54, 1.807) is 22.8 Å². The van der Waals surface area contributed by atoms with Crippen LogP contribution in [-0.4, -0.2) is 30.3 Å². The lowest BCUT2D eigenvalue weighted by molar-refractivity contribution is -0.141. The lowest BCUT2D eigenvalue weighted by Crippen LogP contribution is -2.22. The maximum absolute atomic E-state index is 12.7. The number of esters is 1. The van der Waals surface area contributed by atoms with Crippen molar-refractivity contribution in [2.45, 2.75) is 19.9 Å². The van der Waals surface area contributed by atoms with Gasteiger partial charge in [-0.15, -0.1) is 0 Å². The molecule has 28 heavy (non-hydrogen) atoms. The Hall–Kier alpha value is -3.13. The molecule has 2 aromatic carbocycles. The molecule has 0 atom stereocenters. The first-order valence-corrected chi connectivity index (χ1v) is 9.58. The molecule has 0 bridgehead atoms. The molecule has 144 valence electrons. The van der Waals surface area contributed by atoms with Crippen molar-refractivity contribution < 1.29 is 23.8 Å². The summed E-state index contributed by atoms with van der Waals surface area (Å²) >= 11 is 1.37. The maximum atomic E-state index is 12.7. The Kier molecular flexibility index (Phi) is 4.87. The molecule has 0 saturated carbocycles. The molecule has 7 nitrogen and oxygen atoms in total. The minimum Gasteiger partial charge on any atom is -0.468 e. The van der Waals surface area contributed by atoms with Crippen molar-refractivity contribution in [2.75, 3.05) is 13.9 Å². The van der Waals surface area contributed by atoms with E-state index < -0.39 is 11.9 Å². The fraction of sp³-hybridized carbons (Fsp3) is 0.250. The predicted octanol–water partition coefficient (Wildman–Crippen LogP) is 2.91. The summed E-state index contributed by atoms with van der Waals surface area (Å²) in [5, 5.41) is 0. The van der Waals surface area contributed by atoms with Gasteiger partial charge in [0, 0.05) is 5.56 Å². The van der Waals surface area contributed by atoms with Gasteiger partial charge in [0.15, 0.2) is 16.3 Å². The number of nitrogens with zero attached hydrogens (tertiary/aromatic N) is 2. The molecule has 8 heteroatoms. The highest BCUT2D eigenvalue weighted by molar-refractivity contribution is 7.16. The van der Waals surface area contributed by atoms with Crippen molar-refractivity contribution in [2.24, 2.45) is 4.99 Å². The number of aryl methyl sites for hydroxylation is 1. The van der Waals surface area contributed by atoms with Gasteiger partial charge >= 0.3 is 5.97 Å². The van der Waals surface area contributed by atoms with Crippen LogP contribution >= 0.6 is 11.3 Å². The van der Waals surface area contributed by atoms with Crippen molar-refractivity contribution in [1.29, 1.82) is 0 Å². The largest absolute Gasteiger partial charge is 0.468 e. The number of benzene rings is 2. The number of methoxy groups -OCH3 is 1. The van der Waals surface area contributed by atoms with E-state index in [0.717, 1.165) is 16.6 Å². The SMILES string of the molecule is CCc1ccc2c(c1)sc(=NC(=O)c1ccc3c(c1)OCO3)n2CC(=O)OC. The van der Waals surface area contributed by atoms with Crippen molar-refractivity contribution in [3.05, 3.63) is 52.3 Å². The summed E-state index contributed by atoms with van der Waals surface area (Å²) in [5.41, 5.74) is 2.40. The molecule has 1 aliphatic rings. The van der Waals surface area contributed by atoms with Gasteiger partial charge in [-0.3, -0.25) is 9.59 Å². The third-order valence-corrected chi connectivity index (χ3v) is 5.53. The monoisotopic (exact) mass is 398 g/mol. The molecule has 0 aliphatic carbocycles. The van der Waals surface area contributed by atoms with E-state index in [9.17, 15) is 9.59 Å². The Balaban J connectivity index is 1.80. The molecule has 0 spiro atoms. The summed E-state index contributed by atoms with van der Waals surface area (Å²) in [5.74, 6) is 0.300. The van der Waals surface area contributed by atoms with Gasteiger partial charge in [-0.2, -0.15) is 4.99 Å². The summed E-state index contributed by atoms with van der Waals surface area (Å²) < 4.78 is 18.1. The molecule has 1 aliphatic heterocycles. The van der Waals surface area contributed by atoms with E-state index >= 15 is 0 Å². The van der Waals surface area contributed by atoms with Gasteiger partial charge in [0.25, 0.3) is 5.91 Å². The zero-order valence-electron chi connectivity index (χ0n) is 15.4. The van der Waals surface area contributed by atoms with Gasteiger partial charge in [0.1, 0.15) is 6.54 Å². The van der Waals surface area contributed by atoms with Crippen LogP contribution in [0.3, 0.4) is 0 Å². The Morgan fingerprint density at radius 2 is 2.00 bits per heavy atom. The Morgan fingerprint density at radius 1 is 1.18 bits per heavy atom. The summed E-state index contributed by atoms with van der Waals surface area (Å²) in [6.07, 6.45) is 0.896. The second-order valence-electron chi connectivity index (χ2n) is 6.19. The number of fused-ring (bicyclic) bond motifs is 2. The summed E-state index contributed by atoms with van der Waals surface area (Å²) in [7, 11) is 1.33. The smallest absolute Gasteiger partial charge is 0.325 e. The highest BCUT2D eigenvalue weighted by Crippen LogP contribution is 2.32. The van der Waals surface area contributed by atoms with Crippen LogP contribution in [0.2, 0.25) is 0 Å². The number of rotatable bonds is 4. The third kappa shape index (κ3) is 3.38. The average Bonchev–Trinajstić information content (AvgIpc) is 3.31. The molecule has 0 unspecified atom stereocenters. The van der Waals surface area contributed by atoms with Gasteiger partial charge < -0.3 is 18.8 Å². The zero-order valence-corrected chi connectivity index (χ0v) is 16.2. The molecule has 1 amide bonds. The van der Waals surface area contributed by atoms with E-state index in [4.69, 9.17) is 14.2 Å². The number of carbonyl (C=O) groups excluding carboxylic acids is 2. The van der Waals surface area contributed by atoms with Crippen molar-refractivity contribution in [3.8, 4) is 11.5 Å². The number of ether oxygens (including phenoxy) is 3. The normalized spacial score (nSPS) is 13.1. The molecule has 2 heterocycles. The highest BCUT2D eigenvalue weighted by Gasteiger charge is 2.17. The van der Waals surface area contributed by atoms with Crippen LogP contribution in [0.15, 0.2) is 41.4 Å². The Labute approximate surface area is 164 Å². The van der Waals surface area contributed by atoms with E-state index in [2.05, 4.69) is 18.0 Å². The Morgan fingerprint density at radius 3 is 2.79 bits per heavy atom. The van der Waals surface area contributed by atoms with Gasteiger partial charge in [-0.05, 0) is 42.3 Å². The second-order valence-corrected chi connectivity index (χ2v) is 7.20. The molecular formula is C20H18N2O5S. The van der Waals surface area contributed by atoms with Crippen molar-refractivity contribution in [1.82, 2.24) is 4.57 Å². The van der Waals surface area contributed by atoms with Crippen LogP contribution in [0.4, 0.5) is 0 Å². The number of aromatic nitrogens is 1. The lowest BCUT2D eigenvalue weighted by Gasteiger charge is -2.04. The number of hydrogen-bond donors (Lipinski definition) is 0. The standard InChI is InChI=1S/C20H18N2O5S/c1-3-12-4-6-14-17(8-12)28-20(22(14)10-18(23)25-2)21-19(24)13-5-7-15-16(9-13)27-11-26-15/h4-9H,3,10-11H2,1-2H3. The van der Waals surface area contributed by atoms with E-state index in [0.29, 0.717) is 21.9 Å². The van der Waals surface area contributed by atoms with Gasteiger partial charge in [-0.25, -0.2) is 0 Å². The van der Waals surface area contributed by atoms with E-state index in [1.165, 1.54) is 24.0 Å². The van der Waals surface area contributed by atoms with Crippen molar-refractivity contribution >= 4 is 33.4 Å². The van der Waals surface area contributed by atoms with Crippen LogP contribution in [-0.2, 0) is 22.5 Å². The van der Waals surface area contributed by atoms with Gasteiger partial charge in [0.2, 0.25) is 6.79 Å². The van der Waals surface area contributed by atoms with E-state index in [-0.39, 0.29) is 13.3 Å². The topological polar surface area (TPSA) is 79.1 Å². The van der Waals surface area contributed by atoms with Crippen LogP contribution in [0.5, 0.6) is 11.5 Å². The fourth-order valence-electron chi connectivity index (χ4n) is 2.95. The first-order chi connectivity index (χ1) is 13.6. The zero-order chi connectivity index (χ0) is 19.7. The molecular weight excluding hydrogens is 380 g/mol. The third-order valence-electron chi connectivity index (χ3n) is 4.49. The number of amides is 1. The molecule has 1 aromatic heterocycles. The minimum absolute atomic E-state index is 0.0186. The number of thiazole rings is 1. The summed E-state index contributed by atoms with van der Waals surface area (Å²) in [6.45, 7) is 2.19. The molecule has 0 fully saturated rings. The average molecular weight is 398 g/mol.